The van der Waals surface area contributed by atoms with Crippen LogP contribution in [0.3, 0.4) is 0 Å². The van der Waals surface area contributed by atoms with Crippen LogP contribution in [0.2, 0.25) is 0 Å². The van der Waals surface area contributed by atoms with Crippen LogP contribution < -0.4 is 10.1 Å². The summed E-state index contributed by atoms with van der Waals surface area (Å²) in [5.74, 6) is 1.77. The van der Waals surface area contributed by atoms with E-state index < -0.39 is 5.60 Å². The van der Waals surface area contributed by atoms with Gasteiger partial charge in [0.2, 0.25) is 0 Å². The normalized spacial score (nSPS) is 20.0. The zero-order chi connectivity index (χ0) is 21.9. The van der Waals surface area contributed by atoms with E-state index >= 15 is 0 Å². The standard InChI is InChI=1S/C22H35N5O3/c1-22(2,3)30-21(28)26-10-11-27-17(15-26)13-23-20(27)24-14-19(25(4)5)16-8-7-9-18(12-16)29-6/h7-9,12,17,19H,10-11,13-15H2,1-6H3,(H,23,24). The first-order valence-corrected chi connectivity index (χ1v) is 10.5. The summed E-state index contributed by atoms with van der Waals surface area (Å²) in [5, 5.41) is 3.54. The second-order valence-electron chi connectivity index (χ2n) is 9.07. The second kappa shape index (κ2) is 9.12. The van der Waals surface area contributed by atoms with Gasteiger partial charge < -0.3 is 29.5 Å². The smallest absolute Gasteiger partial charge is 0.410 e. The number of hydrogen-bond donors (Lipinski definition) is 1. The van der Waals surface area contributed by atoms with E-state index in [0.717, 1.165) is 24.8 Å². The third kappa shape index (κ3) is 5.36. The Morgan fingerprint density at radius 3 is 2.77 bits per heavy atom. The lowest BCUT2D eigenvalue weighted by molar-refractivity contribution is 0.0137. The number of amides is 1. The first kappa shape index (κ1) is 22.2. The maximum absolute atomic E-state index is 12.4. The molecule has 0 aromatic heterocycles. The highest BCUT2D eigenvalue weighted by Crippen LogP contribution is 2.23. The van der Waals surface area contributed by atoms with Crippen LogP contribution in [0.15, 0.2) is 29.3 Å². The van der Waals surface area contributed by atoms with Crippen LogP contribution in [-0.2, 0) is 4.74 Å². The van der Waals surface area contributed by atoms with Gasteiger partial charge in [-0.05, 0) is 52.6 Å². The fourth-order valence-electron chi connectivity index (χ4n) is 3.86. The Morgan fingerprint density at radius 1 is 1.33 bits per heavy atom. The number of carbonyl (C=O) groups is 1. The summed E-state index contributed by atoms with van der Waals surface area (Å²) in [6, 6.07) is 8.55. The van der Waals surface area contributed by atoms with E-state index in [4.69, 9.17) is 14.5 Å². The van der Waals surface area contributed by atoms with Crippen LogP contribution in [0.4, 0.5) is 4.79 Å². The second-order valence-corrected chi connectivity index (χ2v) is 9.07. The van der Waals surface area contributed by atoms with Crippen molar-refractivity contribution in [2.75, 3.05) is 53.9 Å². The van der Waals surface area contributed by atoms with Gasteiger partial charge in [-0.3, -0.25) is 4.99 Å². The number of methoxy groups -OCH3 is 1. The van der Waals surface area contributed by atoms with Crippen LogP contribution in [0.5, 0.6) is 5.75 Å². The lowest BCUT2D eigenvalue weighted by Gasteiger charge is -2.39. The first-order valence-electron chi connectivity index (χ1n) is 10.5. The molecular formula is C22H35N5O3. The summed E-state index contributed by atoms with van der Waals surface area (Å²) in [7, 11) is 5.84. The van der Waals surface area contributed by atoms with Gasteiger partial charge in [0.1, 0.15) is 11.4 Å². The predicted molar refractivity (Wildman–Crippen MR) is 118 cm³/mol. The number of ether oxygens (including phenoxy) is 2. The number of nitrogens with one attached hydrogen (secondary N) is 1. The molecule has 1 N–H and O–H groups in total. The lowest BCUT2D eigenvalue weighted by atomic mass is 10.1. The van der Waals surface area contributed by atoms with Crippen LogP contribution in [0, 0.1) is 0 Å². The fraction of sp³-hybridized carbons (Fsp3) is 0.636. The van der Waals surface area contributed by atoms with Crippen molar-refractivity contribution in [1.29, 1.82) is 0 Å². The van der Waals surface area contributed by atoms with Gasteiger partial charge in [-0.1, -0.05) is 12.1 Å². The predicted octanol–water partition coefficient (Wildman–Crippen LogP) is 2.18. The maximum Gasteiger partial charge on any atom is 0.410 e. The third-order valence-electron chi connectivity index (χ3n) is 5.41. The molecule has 3 rings (SSSR count). The van der Waals surface area contributed by atoms with Gasteiger partial charge in [-0.25, -0.2) is 4.79 Å². The van der Waals surface area contributed by atoms with Crippen LogP contribution in [0.1, 0.15) is 32.4 Å². The average molecular weight is 418 g/mol. The molecule has 0 saturated carbocycles. The molecule has 0 spiro atoms. The van der Waals surface area contributed by atoms with Crippen molar-refractivity contribution >= 4 is 12.1 Å². The van der Waals surface area contributed by atoms with E-state index in [1.54, 1.807) is 12.0 Å². The van der Waals surface area contributed by atoms with E-state index in [9.17, 15) is 4.79 Å². The van der Waals surface area contributed by atoms with E-state index in [0.29, 0.717) is 19.6 Å². The Balaban J connectivity index is 1.58. The summed E-state index contributed by atoms with van der Waals surface area (Å²) in [5.41, 5.74) is 0.714. The van der Waals surface area contributed by atoms with Crippen molar-refractivity contribution in [2.24, 2.45) is 4.99 Å². The summed E-state index contributed by atoms with van der Waals surface area (Å²) in [4.78, 5) is 23.4. The minimum Gasteiger partial charge on any atom is -0.497 e. The molecule has 1 amide bonds. The quantitative estimate of drug-likeness (QED) is 0.792. The minimum atomic E-state index is -0.478. The highest BCUT2D eigenvalue weighted by molar-refractivity contribution is 5.82. The molecule has 2 aliphatic heterocycles. The van der Waals surface area contributed by atoms with Crippen molar-refractivity contribution in [3.63, 3.8) is 0 Å². The van der Waals surface area contributed by atoms with Gasteiger partial charge in [-0.2, -0.15) is 0 Å². The average Bonchev–Trinajstić information content (AvgIpc) is 3.09. The largest absolute Gasteiger partial charge is 0.497 e. The summed E-state index contributed by atoms with van der Waals surface area (Å²) >= 11 is 0. The van der Waals surface area contributed by atoms with Crippen molar-refractivity contribution in [2.45, 2.75) is 38.5 Å². The van der Waals surface area contributed by atoms with Gasteiger partial charge in [-0.15, -0.1) is 0 Å². The Bertz CT molecular complexity index is 774. The molecule has 2 atom stereocenters. The summed E-state index contributed by atoms with van der Waals surface area (Å²) in [6.07, 6.45) is -0.241. The lowest BCUT2D eigenvalue weighted by Crippen LogP contribution is -2.58. The molecule has 2 aliphatic rings. The van der Waals surface area contributed by atoms with Crippen molar-refractivity contribution in [3.05, 3.63) is 29.8 Å². The number of hydrogen-bond acceptors (Lipinski definition) is 7. The van der Waals surface area contributed by atoms with Crippen LogP contribution >= 0.6 is 0 Å². The Labute approximate surface area is 179 Å². The highest BCUT2D eigenvalue weighted by Gasteiger charge is 2.36. The third-order valence-corrected chi connectivity index (χ3v) is 5.41. The summed E-state index contributed by atoms with van der Waals surface area (Å²) in [6.45, 7) is 9.13. The Morgan fingerprint density at radius 2 is 2.10 bits per heavy atom. The molecule has 1 fully saturated rings. The van der Waals surface area contributed by atoms with Crippen LogP contribution in [-0.4, -0.2) is 92.3 Å². The highest BCUT2D eigenvalue weighted by atomic mass is 16.6. The minimum absolute atomic E-state index is 0.185. The molecular weight excluding hydrogens is 382 g/mol. The molecule has 2 heterocycles. The molecule has 8 heteroatoms. The fourth-order valence-corrected chi connectivity index (χ4v) is 3.86. The molecule has 30 heavy (non-hydrogen) atoms. The Hall–Kier alpha value is -2.48. The monoisotopic (exact) mass is 417 g/mol. The van der Waals surface area contributed by atoms with Gasteiger partial charge in [0, 0.05) is 26.2 Å². The SMILES string of the molecule is COc1cccc(C(CNC2=NCC3CN(C(=O)OC(C)(C)C)CCN23)N(C)C)c1. The van der Waals surface area contributed by atoms with Gasteiger partial charge in [0.05, 0.1) is 25.7 Å². The van der Waals surface area contributed by atoms with E-state index in [1.807, 2.05) is 32.9 Å². The van der Waals surface area contributed by atoms with E-state index in [1.165, 1.54) is 5.56 Å². The number of piperazine rings is 1. The number of carbonyl (C=O) groups excluding carboxylic acids is 1. The number of benzene rings is 1. The van der Waals surface area contributed by atoms with Gasteiger partial charge in [0.15, 0.2) is 5.96 Å². The molecule has 2 unspecified atom stereocenters. The number of likely N-dealkylation sites (N-methyl/N-ethyl adjacent to an activating group) is 1. The van der Waals surface area contributed by atoms with E-state index in [2.05, 4.69) is 41.3 Å². The molecule has 166 valence electrons. The zero-order valence-electron chi connectivity index (χ0n) is 19.0. The Kier molecular flexibility index (Phi) is 6.75. The molecule has 1 aromatic carbocycles. The number of nitrogens with zero attached hydrogens (tertiary/aromatic N) is 4. The number of aliphatic imine (C=N–C) groups is 1. The van der Waals surface area contributed by atoms with E-state index in [-0.39, 0.29) is 18.2 Å². The number of guanidine groups is 1. The molecule has 8 nitrogen and oxygen atoms in total. The first-order chi connectivity index (χ1) is 14.2. The van der Waals surface area contributed by atoms with Crippen molar-refractivity contribution < 1.29 is 14.3 Å². The molecule has 0 bridgehead atoms. The molecule has 0 aliphatic carbocycles. The van der Waals surface area contributed by atoms with Gasteiger partial charge in [0.25, 0.3) is 0 Å². The number of rotatable bonds is 5. The van der Waals surface area contributed by atoms with Crippen molar-refractivity contribution in [1.82, 2.24) is 20.0 Å². The van der Waals surface area contributed by atoms with Crippen LogP contribution in [0.25, 0.3) is 0 Å². The maximum atomic E-state index is 12.4. The summed E-state index contributed by atoms with van der Waals surface area (Å²) < 4.78 is 10.9. The number of fused-ring (bicyclic) bond motifs is 1. The zero-order valence-corrected chi connectivity index (χ0v) is 19.0. The topological polar surface area (TPSA) is 69.6 Å². The molecule has 1 saturated heterocycles. The molecule has 0 radical (unpaired) electrons. The van der Waals surface area contributed by atoms with Gasteiger partial charge >= 0.3 is 6.09 Å². The molecule has 1 aromatic rings. The van der Waals surface area contributed by atoms with Crippen molar-refractivity contribution in [3.8, 4) is 5.75 Å².